The molecule has 1 saturated carbocycles. The van der Waals surface area contributed by atoms with Crippen LogP contribution in [0.25, 0.3) is 0 Å². The number of carbonyl (C=O) groups is 2. The molecule has 0 bridgehead atoms. The molecule has 1 aliphatic carbocycles. The maximum absolute atomic E-state index is 12.3. The van der Waals surface area contributed by atoms with E-state index in [0.29, 0.717) is 17.4 Å². The van der Waals surface area contributed by atoms with Crippen LogP contribution in [-0.4, -0.2) is 28.6 Å². The van der Waals surface area contributed by atoms with Crippen molar-refractivity contribution >= 4 is 29.4 Å². The number of nitrogens with zero attached hydrogens (tertiary/aromatic N) is 1. The molecule has 8 heteroatoms. The van der Waals surface area contributed by atoms with Crippen molar-refractivity contribution in [3.8, 4) is 0 Å². The van der Waals surface area contributed by atoms with E-state index in [4.69, 9.17) is 16.3 Å². The molecule has 1 fully saturated rings. The van der Waals surface area contributed by atoms with Crippen LogP contribution in [0.1, 0.15) is 46.5 Å². The summed E-state index contributed by atoms with van der Waals surface area (Å²) in [6.45, 7) is 5.46. The average molecular weight is 369 g/mol. The number of pyridine rings is 1. The number of nitrogens with one attached hydrogen (secondary N) is 3. The quantitative estimate of drug-likeness (QED) is 0.560. The lowest BCUT2D eigenvalue weighted by Crippen LogP contribution is -2.45. The van der Waals surface area contributed by atoms with Crippen LogP contribution >= 0.6 is 11.6 Å². The monoisotopic (exact) mass is 368 g/mol. The zero-order valence-corrected chi connectivity index (χ0v) is 15.5. The van der Waals surface area contributed by atoms with Crippen LogP contribution in [-0.2, 0) is 9.53 Å². The summed E-state index contributed by atoms with van der Waals surface area (Å²) in [6, 6.07) is 5.04. The fourth-order valence-electron chi connectivity index (χ4n) is 2.74. The Kier molecular flexibility index (Phi) is 6.47. The van der Waals surface area contributed by atoms with Crippen LogP contribution < -0.4 is 16.2 Å². The molecule has 0 aromatic carbocycles. The number of carbonyl (C=O) groups excluding carboxylic acids is 2. The Morgan fingerprint density at radius 3 is 2.72 bits per heavy atom. The minimum atomic E-state index is -0.538. The first-order chi connectivity index (χ1) is 11.7. The Balaban J connectivity index is 1.81. The Hall–Kier alpha value is -2.02. The average Bonchev–Trinajstić information content (AvgIpc) is 2.51. The van der Waals surface area contributed by atoms with Crippen molar-refractivity contribution in [2.45, 2.75) is 58.1 Å². The van der Waals surface area contributed by atoms with E-state index in [9.17, 15) is 9.59 Å². The minimum Gasteiger partial charge on any atom is -0.444 e. The van der Waals surface area contributed by atoms with Crippen LogP contribution in [0, 0.1) is 5.92 Å². The molecule has 1 aromatic rings. The van der Waals surface area contributed by atoms with Gasteiger partial charge >= 0.3 is 6.09 Å². The molecule has 0 unspecified atom stereocenters. The number of halogens is 1. The van der Waals surface area contributed by atoms with Gasteiger partial charge in [-0.25, -0.2) is 9.78 Å². The molecule has 1 aromatic heterocycles. The zero-order valence-electron chi connectivity index (χ0n) is 14.8. The predicted molar refractivity (Wildman–Crippen MR) is 96.1 cm³/mol. The normalized spacial score (nSPS) is 20.5. The number of anilines is 1. The van der Waals surface area contributed by atoms with Crippen LogP contribution in [0.2, 0.25) is 5.15 Å². The first-order valence-electron chi connectivity index (χ1n) is 8.41. The van der Waals surface area contributed by atoms with E-state index in [1.165, 1.54) is 0 Å². The summed E-state index contributed by atoms with van der Waals surface area (Å²) in [6.07, 6.45) is 2.62. The largest absolute Gasteiger partial charge is 0.444 e. The second-order valence-corrected chi connectivity index (χ2v) is 7.55. The summed E-state index contributed by atoms with van der Waals surface area (Å²) >= 11 is 5.81. The van der Waals surface area contributed by atoms with Gasteiger partial charge in [0.25, 0.3) is 0 Å². The van der Waals surface area contributed by atoms with Gasteiger partial charge in [-0.1, -0.05) is 24.1 Å². The lowest BCUT2D eigenvalue weighted by molar-refractivity contribution is -0.125. The number of amides is 2. The number of aromatic nitrogens is 1. The van der Waals surface area contributed by atoms with Crippen molar-refractivity contribution in [2.75, 3.05) is 5.43 Å². The fraction of sp³-hybridized carbons (Fsp3) is 0.588. The lowest BCUT2D eigenvalue weighted by Gasteiger charge is -2.30. The third-order valence-electron chi connectivity index (χ3n) is 3.79. The van der Waals surface area contributed by atoms with Crippen LogP contribution in [0.5, 0.6) is 0 Å². The highest BCUT2D eigenvalue weighted by Crippen LogP contribution is 2.25. The van der Waals surface area contributed by atoms with Gasteiger partial charge in [0.1, 0.15) is 16.6 Å². The SMILES string of the molecule is CC(C)(C)OC(=O)N[C@@H]1CCC[C@H](C(=O)NNc2cccc(Cl)n2)C1. The fourth-order valence-corrected chi connectivity index (χ4v) is 2.90. The zero-order chi connectivity index (χ0) is 18.4. The summed E-state index contributed by atoms with van der Waals surface area (Å²) in [5.41, 5.74) is 4.88. The first kappa shape index (κ1) is 19.3. The molecule has 7 nitrogen and oxygen atoms in total. The van der Waals surface area contributed by atoms with E-state index < -0.39 is 11.7 Å². The number of alkyl carbamates (subject to hydrolysis) is 1. The number of hydrogen-bond acceptors (Lipinski definition) is 5. The number of ether oxygens (including phenoxy) is 1. The Labute approximate surface area is 152 Å². The van der Waals surface area contributed by atoms with Crippen molar-refractivity contribution in [3.05, 3.63) is 23.4 Å². The van der Waals surface area contributed by atoms with Crippen molar-refractivity contribution < 1.29 is 14.3 Å². The molecular formula is C17H25ClN4O3. The summed E-state index contributed by atoms with van der Waals surface area (Å²) in [5, 5.41) is 3.20. The molecule has 2 amide bonds. The molecule has 2 atom stereocenters. The van der Waals surface area contributed by atoms with E-state index in [1.807, 2.05) is 20.8 Å². The highest BCUT2D eigenvalue weighted by atomic mass is 35.5. The van der Waals surface area contributed by atoms with Gasteiger partial charge in [-0.3, -0.25) is 15.6 Å². The second kappa shape index (κ2) is 8.38. The van der Waals surface area contributed by atoms with Crippen LogP contribution in [0.15, 0.2) is 18.2 Å². The van der Waals surface area contributed by atoms with E-state index in [2.05, 4.69) is 21.2 Å². The van der Waals surface area contributed by atoms with E-state index in [0.717, 1.165) is 19.3 Å². The standard InChI is InChI=1S/C17H25ClN4O3/c1-17(2,3)25-16(24)19-12-7-4-6-11(10-12)15(23)22-21-14-9-5-8-13(18)20-14/h5,8-9,11-12H,4,6-7,10H2,1-3H3,(H,19,24)(H,20,21)(H,22,23)/t11-,12+/m0/s1. The topological polar surface area (TPSA) is 92.3 Å². The van der Waals surface area contributed by atoms with Gasteiger partial charge < -0.3 is 10.1 Å². The molecule has 0 saturated heterocycles. The number of hydrogen-bond donors (Lipinski definition) is 3. The molecule has 1 heterocycles. The molecule has 2 rings (SSSR count). The van der Waals surface area contributed by atoms with E-state index >= 15 is 0 Å². The highest BCUT2D eigenvalue weighted by molar-refractivity contribution is 6.29. The van der Waals surface area contributed by atoms with E-state index in [1.54, 1.807) is 18.2 Å². The van der Waals surface area contributed by atoms with E-state index in [-0.39, 0.29) is 17.9 Å². The Morgan fingerprint density at radius 2 is 2.04 bits per heavy atom. The predicted octanol–water partition coefficient (Wildman–Crippen LogP) is 3.26. The van der Waals surface area contributed by atoms with Crippen molar-refractivity contribution in [1.29, 1.82) is 0 Å². The maximum Gasteiger partial charge on any atom is 0.407 e. The third kappa shape index (κ3) is 6.78. The summed E-state index contributed by atoms with van der Waals surface area (Å²) in [5.74, 6) is 0.165. The minimum absolute atomic E-state index is 0.0661. The Morgan fingerprint density at radius 1 is 1.28 bits per heavy atom. The van der Waals surface area contributed by atoms with Crippen molar-refractivity contribution in [1.82, 2.24) is 15.7 Å². The highest BCUT2D eigenvalue weighted by Gasteiger charge is 2.29. The van der Waals surface area contributed by atoms with Gasteiger partial charge in [-0.2, -0.15) is 0 Å². The van der Waals surface area contributed by atoms with Crippen LogP contribution in [0.4, 0.5) is 10.6 Å². The van der Waals surface area contributed by atoms with Gasteiger partial charge in [0, 0.05) is 12.0 Å². The van der Waals surface area contributed by atoms with Gasteiger partial charge in [-0.05, 0) is 52.2 Å². The number of hydrazine groups is 1. The molecule has 25 heavy (non-hydrogen) atoms. The smallest absolute Gasteiger partial charge is 0.407 e. The van der Waals surface area contributed by atoms with Crippen molar-refractivity contribution in [3.63, 3.8) is 0 Å². The molecule has 138 valence electrons. The molecular weight excluding hydrogens is 344 g/mol. The van der Waals surface area contributed by atoms with Gasteiger partial charge in [-0.15, -0.1) is 0 Å². The molecule has 1 aliphatic rings. The summed E-state index contributed by atoms with van der Waals surface area (Å²) in [4.78, 5) is 28.3. The van der Waals surface area contributed by atoms with Crippen molar-refractivity contribution in [2.24, 2.45) is 5.92 Å². The second-order valence-electron chi connectivity index (χ2n) is 7.17. The Bertz CT molecular complexity index is 618. The third-order valence-corrected chi connectivity index (χ3v) is 4.01. The molecule has 3 N–H and O–H groups in total. The van der Waals surface area contributed by atoms with Gasteiger partial charge in [0.15, 0.2) is 0 Å². The lowest BCUT2D eigenvalue weighted by atomic mass is 9.85. The molecule has 0 radical (unpaired) electrons. The summed E-state index contributed by atoms with van der Waals surface area (Å²) < 4.78 is 5.27. The number of rotatable bonds is 4. The van der Waals surface area contributed by atoms with Gasteiger partial charge in [0.2, 0.25) is 5.91 Å². The maximum atomic E-state index is 12.3. The molecule has 0 spiro atoms. The van der Waals surface area contributed by atoms with Crippen LogP contribution in [0.3, 0.4) is 0 Å². The molecule has 0 aliphatic heterocycles. The first-order valence-corrected chi connectivity index (χ1v) is 8.79. The van der Waals surface area contributed by atoms with Gasteiger partial charge in [0.05, 0.1) is 0 Å². The summed E-state index contributed by atoms with van der Waals surface area (Å²) in [7, 11) is 0.